The molecule has 0 aliphatic carbocycles. The van der Waals surface area contributed by atoms with Gasteiger partial charge in [0.2, 0.25) is 11.8 Å². The fourth-order valence-electron chi connectivity index (χ4n) is 3.40. The Labute approximate surface area is 149 Å². The summed E-state index contributed by atoms with van der Waals surface area (Å²) in [7, 11) is 0. The molecule has 2 heterocycles. The number of hydrogen-bond donors (Lipinski definition) is 1. The van der Waals surface area contributed by atoms with E-state index < -0.39 is 0 Å². The second kappa shape index (κ2) is 7.83. The molecule has 0 saturated carbocycles. The van der Waals surface area contributed by atoms with Gasteiger partial charge in [0.15, 0.2) is 0 Å². The van der Waals surface area contributed by atoms with Gasteiger partial charge in [-0.15, -0.1) is 0 Å². The van der Waals surface area contributed by atoms with Crippen molar-refractivity contribution < 1.29 is 9.32 Å². The highest BCUT2D eigenvalue weighted by Gasteiger charge is 2.25. The van der Waals surface area contributed by atoms with Crippen LogP contribution in [0.2, 0.25) is 0 Å². The van der Waals surface area contributed by atoms with Crippen molar-refractivity contribution in [1.29, 1.82) is 0 Å². The molecule has 25 heavy (non-hydrogen) atoms. The van der Waals surface area contributed by atoms with Gasteiger partial charge in [0.1, 0.15) is 5.69 Å². The number of nitrogens with zero attached hydrogens (tertiary/aromatic N) is 2. The van der Waals surface area contributed by atoms with Gasteiger partial charge in [-0.2, -0.15) is 0 Å². The molecule has 1 unspecified atom stereocenters. The topological polar surface area (TPSA) is 58.4 Å². The second-order valence-corrected chi connectivity index (χ2v) is 7.19. The van der Waals surface area contributed by atoms with E-state index in [2.05, 4.69) is 29.2 Å². The van der Waals surface area contributed by atoms with Crippen molar-refractivity contribution in [3.05, 3.63) is 35.9 Å². The zero-order valence-electron chi connectivity index (χ0n) is 15.3. The first-order chi connectivity index (χ1) is 12.1. The highest BCUT2D eigenvalue weighted by Crippen LogP contribution is 2.34. The van der Waals surface area contributed by atoms with E-state index >= 15 is 0 Å². The molecule has 5 nitrogen and oxygen atoms in total. The summed E-state index contributed by atoms with van der Waals surface area (Å²) in [6.45, 7) is 9.12. The minimum absolute atomic E-state index is 0.00967. The lowest BCUT2D eigenvalue weighted by molar-refractivity contribution is -0.120. The minimum Gasteiger partial charge on any atom is -0.337 e. The summed E-state index contributed by atoms with van der Waals surface area (Å²) < 4.78 is 5.51. The van der Waals surface area contributed by atoms with Gasteiger partial charge in [-0.3, -0.25) is 10.1 Å². The van der Waals surface area contributed by atoms with Gasteiger partial charge >= 0.3 is 0 Å². The first kappa shape index (κ1) is 17.7. The van der Waals surface area contributed by atoms with E-state index in [9.17, 15) is 4.79 Å². The molecule has 1 aliphatic rings. The number of anilines is 1. The molecule has 2 aromatic rings. The molecule has 0 spiro atoms. The highest BCUT2D eigenvalue weighted by molar-refractivity contribution is 5.92. The number of carbonyl (C=O) groups is 1. The first-order valence-electron chi connectivity index (χ1n) is 9.14. The Morgan fingerprint density at radius 2 is 1.88 bits per heavy atom. The van der Waals surface area contributed by atoms with E-state index in [1.165, 1.54) is 12.8 Å². The van der Waals surface area contributed by atoms with Crippen molar-refractivity contribution in [3.8, 4) is 11.3 Å². The molecule has 0 bridgehead atoms. The van der Waals surface area contributed by atoms with Crippen LogP contribution < -0.4 is 5.32 Å². The van der Waals surface area contributed by atoms with Crippen molar-refractivity contribution in [2.24, 2.45) is 5.92 Å². The predicted octanol–water partition coefficient (Wildman–Crippen LogP) is 4.14. The number of aromatic nitrogens is 1. The molecule has 3 rings (SSSR count). The van der Waals surface area contributed by atoms with Gasteiger partial charge in [-0.05, 0) is 31.8 Å². The second-order valence-electron chi connectivity index (χ2n) is 7.19. The standard InChI is InChI=1S/C20H27N3O2/c1-14(2)17-18(16-9-5-4-6-10-16)22-25-20(17)21-19(24)15(3)13-23-11-7-8-12-23/h4-6,9-10,14-15H,7-8,11-13H2,1-3H3,(H,21,24). The average Bonchev–Trinajstić information content (AvgIpc) is 3.25. The van der Waals surface area contributed by atoms with Gasteiger partial charge < -0.3 is 9.42 Å². The van der Waals surface area contributed by atoms with Gasteiger partial charge in [-0.25, -0.2) is 0 Å². The highest BCUT2D eigenvalue weighted by atomic mass is 16.5. The van der Waals surface area contributed by atoms with Crippen LogP contribution in [0, 0.1) is 5.92 Å². The van der Waals surface area contributed by atoms with E-state index in [-0.39, 0.29) is 17.7 Å². The van der Waals surface area contributed by atoms with Crippen LogP contribution >= 0.6 is 0 Å². The Balaban J connectivity index is 1.75. The number of benzene rings is 1. The Hall–Kier alpha value is -2.14. The molecule has 1 N–H and O–H groups in total. The number of likely N-dealkylation sites (tertiary alicyclic amines) is 1. The minimum atomic E-state index is -0.0802. The van der Waals surface area contributed by atoms with Crippen LogP contribution in [0.5, 0.6) is 0 Å². The summed E-state index contributed by atoms with van der Waals surface area (Å²) in [4.78, 5) is 14.9. The summed E-state index contributed by atoms with van der Waals surface area (Å²) in [6.07, 6.45) is 2.46. The zero-order chi connectivity index (χ0) is 17.8. The van der Waals surface area contributed by atoms with Crippen molar-refractivity contribution in [3.63, 3.8) is 0 Å². The van der Waals surface area contributed by atoms with Gasteiger partial charge in [0, 0.05) is 23.6 Å². The maximum atomic E-state index is 12.6. The molecular formula is C20H27N3O2. The van der Waals surface area contributed by atoms with Crippen molar-refractivity contribution in [2.45, 2.75) is 39.5 Å². The van der Waals surface area contributed by atoms with Gasteiger partial charge in [0.05, 0.1) is 0 Å². The normalized spacial score (nSPS) is 16.3. The monoisotopic (exact) mass is 341 g/mol. The van der Waals surface area contributed by atoms with Gasteiger partial charge in [0.25, 0.3) is 0 Å². The SMILES string of the molecule is CC(CN1CCCC1)C(=O)Nc1onc(-c2ccccc2)c1C(C)C. The molecule has 1 atom stereocenters. The Morgan fingerprint density at radius 3 is 2.52 bits per heavy atom. The lowest BCUT2D eigenvalue weighted by atomic mass is 9.98. The molecule has 1 saturated heterocycles. The van der Waals surface area contributed by atoms with Crippen LogP contribution in [0.15, 0.2) is 34.9 Å². The van der Waals surface area contributed by atoms with Crippen LogP contribution in [0.4, 0.5) is 5.88 Å². The summed E-state index contributed by atoms with van der Waals surface area (Å²) in [5.74, 6) is 0.589. The van der Waals surface area contributed by atoms with Crippen molar-refractivity contribution in [1.82, 2.24) is 10.1 Å². The van der Waals surface area contributed by atoms with E-state index in [0.717, 1.165) is 36.5 Å². The molecule has 0 radical (unpaired) electrons. The smallest absolute Gasteiger partial charge is 0.235 e. The van der Waals surface area contributed by atoms with E-state index in [1.807, 2.05) is 37.3 Å². The number of hydrogen-bond acceptors (Lipinski definition) is 4. The number of rotatable bonds is 6. The van der Waals surface area contributed by atoms with E-state index in [1.54, 1.807) is 0 Å². The molecule has 1 amide bonds. The molecule has 1 aliphatic heterocycles. The fraction of sp³-hybridized carbons (Fsp3) is 0.500. The van der Waals surface area contributed by atoms with Gasteiger partial charge in [-0.1, -0.05) is 56.3 Å². The summed E-state index contributed by atoms with van der Waals surface area (Å²) in [5.41, 5.74) is 2.76. The molecule has 134 valence electrons. The maximum Gasteiger partial charge on any atom is 0.235 e. The van der Waals surface area contributed by atoms with Crippen LogP contribution in [0.1, 0.15) is 45.1 Å². The van der Waals surface area contributed by atoms with Crippen LogP contribution in [0.3, 0.4) is 0 Å². The summed E-state index contributed by atoms with van der Waals surface area (Å²) in [6, 6.07) is 9.94. The third-order valence-corrected chi connectivity index (χ3v) is 4.77. The zero-order valence-corrected chi connectivity index (χ0v) is 15.3. The Bertz CT molecular complexity index is 703. The average molecular weight is 341 g/mol. The summed E-state index contributed by atoms with van der Waals surface area (Å²) in [5, 5.41) is 7.18. The number of nitrogens with one attached hydrogen (secondary N) is 1. The van der Waals surface area contributed by atoms with Crippen LogP contribution in [-0.4, -0.2) is 35.6 Å². The maximum absolute atomic E-state index is 12.6. The third kappa shape index (κ3) is 4.10. The first-order valence-corrected chi connectivity index (χ1v) is 9.14. The van der Waals surface area contributed by atoms with E-state index in [4.69, 9.17) is 4.52 Å². The Kier molecular flexibility index (Phi) is 5.53. The fourth-order valence-corrected chi connectivity index (χ4v) is 3.40. The lowest BCUT2D eigenvalue weighted by Crippen LogP contribution is -2.32. The lowest BCUT2D eigenvalue weighted by Gasteiger charge is -2.19. The quantitative estimate of drug-likeness (QED) is 0.858. The number of carbonyl (C=O) groups excluding carboxylic acids is 1. The van der Waals surface area contributed by atoms with Crippen molar-refractivity contribution in [2.75, 3.05) is 25.0 Å². The van der Waals surface area contributed by atoms with E-state index in [0.29, 0.717) is 5.88 Å². The molecule has 5 heteroatoms. The largest absolute Gasteiger partial charge is 0.337 e. The molecule has 1 fully saturated rings. The third-order valence-electron chi connectivity index (χ3n) is 4.77. The predicted molar refractivity (Wildman–Crippen MR) is 99.5 cm³/mol. The molecule has 1 aromatic heterocycles. The van der Waals surface area contributed by atoms with Crippen LogP contribution in [-0.2, 0) is 4.79 Å². The van der Waals surface area contributed by atoms with Crippen molar-refractivity contribution >= 4 is 11.8 Å². The Morgan fingerprint density at radius 1 is 1.20 bits per heavy atom. The number of amides is 1. The summed E-state index contributed by atoms with van der Waals surface area (Å²) >= 11 is 0. The molecule has 1 aromatic carbocycles. The molecular weight excluding hydrogens is 314 g/mol. The van der Waals surface area contributed by atoms with Crippen LogP contribution in [0.25, 0.3) is 11.3 Å².